The number of hydrogen-bond acceptors (Lipinski definition) is 9. The smallest absolute Gasteiger partial charge is 0.237 e. The molecule has 0 bridgehead atoms. The average molecular weight is 955 g/mol. The number of benzene rings is 9. The van der Waals surface area contributed by atoms with Crippen molar-refractivity contribution in [3.63, 3.8) is 0 Å². The van der Waals surface area contributed by atoms with E-state index in [0.717, 1.165) is 87.8 Å². The van der Waals surface area contributed by atoms with Crippen LogP contribution in [0, 0.1) is 0 Å². The first-order valence-corrected chi connectivity index (χ1v) is 25.2. The van der Waals surface area contributed by atoms with Gasteiger partial charge in [-0.2, -0.15) is 9.97 Å². The molecule has 10 heteroatoms. The van der Waals surface area contributed by atoms with Crippen LogP contribution >= 0.6 is 0 Å². The maximum atomic E-state index is 5.59. The van der Waals surface area contributed by atoms with Crippen LogP contribution in [0.15, 0.2) is 195 Å². The largest absolute Gasteiger partial charge is 0.278 e. The zero-order chi connectivity index (χ0) is 49.7. The van der Waals surface area contributed by atoms with Crippen LogP contribution < -0.4 is 4.90 Å². The highest BCUT2D eigenvalue weighted by molar-refractivity contribution is 6.17. The number of hydrogen-bond donors (Lipinski definition) is 0. The number of nitrogens with zero attached hydrogens (tertiary/aromatic N) is 10. The molecule has 6 heterocycles. The molecule has 0 saturated carbocycles. The van der Waals surface area contributed by atoms with Crippen molar-refractivity contribution in [2.24, 2.45) is 0 Å². The monoisotopic (exact) mass is 954 g/mol. The van der Waals surface area contributed by atoms with Crippen molar-refractivity contribution in [1.29, 1.82) is 0 Å². The van der Waals surface area contributed by atoms with Gasteiger partial charge in [-0.3, -0.25) is 9.47 Å². The number of aromatic nitrogens is 9. The Morgan fingerprint density at radius 3 is 1.47 bits per heavy atom. The van der Waals surface area contributed by atoms with Crippen molar-refractivity contribution in [3.05, 3.63) is 206 Å². The third-order valence-corrected chi connectivity index (χ3v) is 14.6. The van der Waals surface area contributed by atoms with E-state index in [1.165, 1.54) is 17.2 Å². The van der Waals surface area contributed by atoms with Gasteiger partial charge in [0.1, 0.15) is 22.4 Å². The van der Waals surface area contributed by atoms with E-state index in [1.54, 1.807) is 24.8 Å². The fraction of sp³-hybridized carbons (Fsp3) is 0.0938. The van der Waals surface area contributed by atoms with Crippen LogP contribution in [0.1, 0.15) is 45.2 Å². The highest BCUT2D eigenvalue weighted by atomic mass is 15.3. The predicted molar refractivity (Wildman–Crippen MR) is 302 cm³/mol. The van der Waals surface area contributed by atoms with Gasteiger partial charge in [0.2, 0.25) is 11.9 Å². The Labute approximate surface area is 425 Å². The fourth-order valence-electron chi connectivity index (χ4n) is 11.4. The zero-order valence-electron chi connectivity index (χ0n) is 41.2. The minimum Gasteiger partial charge on any atom is -0.278 e. The molecular formula is C64H46N10. The molecule has 5 aromatic heterocycles. The molecule has 1 aliphatic rings. The Bertz CT molecular complexity index is 4620. The standard InChI is InChI=1S/C61H38N10.C3H8/c1-61(2)47-24-12-14-26-50(47)71(60-67-54(56-58(69-60)65-30-28-63-56)46-32-36-16-4-6-18-38(36)40-20-8-10-22-42(40)46)52-34-51-44(33-48(52)61)43-23-11-13-25-49(43)70(51)59-66-53(55-57(68-59)64-29-27-62-55)45-31-35-15-3-5-17-37(35)39-19-7-9-21-41(39)45;1-3-2/h3-34H,1-2H3;3H2,1-2H3. The lowest BCUT2D eigenvalue weighted by molar-refractivity contribution is 0.632. The summed E-state index contributed by atoms with van der Waals surface area (Å²) in [5, 5.41) is 11.2. The average Bonchev–Trinajstić information content (AvgIpc) is 3.77. The van der Waals surface area contributed by atoms with E-state index in [4.69, 9.17) is 39.9 Å². The maximum Gasteiger partial charge on any atom is 0.237 e. The fourth-order valence-corrected chi connectivity index (χ4v) is 11.4. The van der Waals surface area contributed by atoms with Crippen LogP contribution in [0.4, 0.5) is 17.3 Å². The molecular weight excluding hydrogens is 909 g/mol. The van der Waals surface area contributed by atoms with Gasteiger partial charge in [0, 0.05) is 52.1 Å². The molecule has 0 spiro atoms. The van der Waals surface area contributed by atoms with Crippen LogP contribution in [0.25, 0.3) is 116 Å². The van der Waals surface area contributed by atoms with E-state index < -0.39 is 5.41 Å². The second-order valence-corrected chi connectivity index (χ2v) is 19.5. The Kier molecular flexibility index (Phi) is 9.81. The summed E-state index contributed by atoms with van der Waals surface area (Å²) in [6.45, 7) is 8.86. The van der Waals surface area contributed by atoms with Crippen LogP contribution in [0.2, 0.25) is 0 Å². The Morgan fingerprint density at radius 2 is 0.865 bits per heavy atom. The first-order valence-electron chi connectivity index (χ1n) is 25.2. The van der Waals surface area contributed by atoms with Gasteiger partial charge in [0.05, 0.1) is 22.4 Å². The molecule has 0 atom stereocenters. The van der Waals surface area contributed by atoms with Crippen molar-refractivity contribution in [1.82, 2.24) is 44.4 Å². The van der Waals surface area contributed by atoms with Crippen LogP contribution in [-0.4, -0.2) is 44.4 Å². The van der Waals surface area contributed by atoms with Crippen molar-refractivity contribution >= 4 is 105 Å². The second-order valence-electron chi connectivity index (χ2n) is 19.5. The SMILES string of the molecule is CC1(C)c2ccccc2N(c2nc(-c3cc4ccccc4c4ccccc34)c3nccnc3n2)c2cc3c(cc21)c1ccccc1n3-c1nc(-c2cc3ccccc3c3ccccc23)c2nccnc2n1.CCC. The van der Waals surface area contributed by atoms with Gasteiger partial charge < -0.3 is 0 Å². The first kappa shape index (κ1) is 43.3. The van der Waals surface area contributed by atoms with Gasteiger partial charge in [-0.1, -0.05) is 168 Å². The van der Waals surface area contributed by atoms with Gasteiger partial charge in [0.25, 0.3) is 0 Å². The van der Waals surface area contributed by atoms with Crippen LogP contribution in [0.5, 0.6) is 0 Å². The van der Waals surface area contributed by atoms with Gasteiger partial charge >= 0.3 is 0 Å². The molecule has 10 nitrogen and oxygen atoms in total. The van der Waals surface area contributed by atoms with Gasteiger partial charge in [-0.15, -0.1) is 0 Å². The molecule has 9 aromatic carbocycles. The molecule has 14 aromatic rings. The molecule has 74 heavy (non-hydrogen) atoms. The summed E-state index contributed by atoms with van der Waals surface area (Å²) in [6.07, 6.45) is 8.08. The van der Waals surface area contributed by atoms with E-state index in [9.17, 15) is 0 Å². The van der Waals surface area contributed by atoms with E-state index in [-0.39, 0.29) is 0 Å². The van der Waals surface area contributed by atoms with E-state index in [2.05, 4.69) is 207 Å². The van der Waals surface area contributed by atoms with Crippen molar-refractivity contribution in [2.75, 3.05) is 4.90 Å². The summed E-state index contributed by atoms with van der Waals surface area (Å²) in [5.41, 5.74) is 11.3. The second kappa shape index (κ2) is 16.8. The van der Waals surface area contributed by atoms with E-state index >= 15 is 0 Å². The van der Waals surface area contributed by atoms with E-state index in [1.807, 2.05) is 0 Å². The minimum absolute atomic E-state index is 0.423. The third-order valence-electron chi connectivity index (χ3n) is 14.6. The molecule has 15 rings (SSSR count). The highest BCUT2D eigenvalue weighted by Crippen LogP contribution is 2.54. The molecule has 0 radical (unpaired) electrons. The molecule has 0 fully saturated rings. The van der Waals surface area contributed by atoms with Crippen molar-refractivity contribution < 1.29 is 0 Å². The lowest BCUT2D eigenvalue weighted by atomic mass is 9.73. The molecule has 1 aliphatic heterocycles. The maximum absolute atomic E-state index is 5.59. The summed E-state index contributed by atoms with van der Waals surface area (Å²) in [7, 11) is 0. The predicted octanol–water partition coefficient (Wildman–Crippen LogP) is 15.7. The molecule has 0 amide bonds. The highest BCUT2D eigenvalue weighted by Gasteiger charge is 2.39. The Morgan fingerprint density at radius 1 is 0.392 bits per heavy atom. The van der Waals surface area contributed by atoms with Gasteiger partial charge in [-0.05, 0) is 90.6 Å². The lowest BCUT2D eigenvalue weighted by Gasteiger charge is -2.41. The minimum atomic E-state index is -0.423. The quantitative estimate of drug-likeness (QED) is 0.159. The molecule has 0 unspecified atom stereocenters. The summed E-state index contributed by atoms with van der Waals surface area (Å²) < 4.78 is 2.18. The Balaban J connectivity index is 0.00000164. The zero-order valence-corrected chi connectivity index (χ0v) is 41.2. The first-order chi connectivity index (χ1) is 36.4. The lowest BCUT2D eigenvalue weighted by Crippen LogP contribution is -2.31. The summed E-state index contributed by atoms with van der Waals surface area (Å²) in [6, 6.07) is 60.2. The summed E-state index contributed by atoms with van der Waals surface area (Å²) in [4.78, 5) is 43.4. The molecule has 0 saturated heterocycles. The third kappa shape index (κ3) is 6.50. The van der Waals surface area contributed by atoms with Crippen LogP contribution in [0.3, 0.4) is 0 Å². The topological polar surface area (TPSA) is 111 Å². The normalized spacial score (nSPS) is 13.0. The number of fused-ring (bicyclic) bond motifs is 13. The van der Waals surface area contributed by atoms with Crippen molar-refractivity contribution in [3.8, 4) is 28.5 Å². The van der Waals surface area contributed by atoms with Gasteiger partial charge in [0.15, 0.2) is 11.3 Å². The van der Waals surface area contributed by atoms with Crippen molar-refractivity contribution in [2.45, 2.75) is 39.5 Å². The summed E-state index contributed by atoms with van der Waals surface area (Å²) in [5.74, 6) is 0.972. The van der Waals surface area contributed by atoms with E-state index in [0.29, 0.717) is 45.6 Å². The number of rotatable bonds is 4. The number of anilines is 3. The summed E-state index contributed by atoms with van der Waals surface area (Å²) >= 11 is 0. The molecule has 0 N–H and O–H groups in total. The van der Waals surface area contributed by atoms with Gasteiger partial charge in [-0.25, -0.2) is 29.9 Å². The van der Waals surface area contributed by atoms with Crippen LogP contribution in [-0.2, 0) is 5.41 Å². The molecule has 352 valence electrons. The molecule has 0 aliphatic carbocycles. The number of para-hydroxylation sites is 2. The Hall–Kier alpha value is -9.54.